The molecule has 0 aliphatic rings. The Labute approximate surface area is 92.7 Å². The van der Waals surface area contributed by atoms with Gasteiger partial charge in [0.25, 0.3) is 0 Å². The first-order chi connectivity index (χ1) is 7.08. The Balaban J connectivity index is 2.72. The van der Waals surface area contributed by atoms with E-state index >= 15 is 0 Å². The lowest BCUT2D eigenvalue weighted by Crippen LogP contribution is -2.17. The van der Waals surface area contributed by atoms with Gasteiger partial charge in [0.1, 0.15) is 0 Å². The number of aromatic nitrogens is 2. The van der Waals surface area contributed by atoms with Crippen LogP contribution in [0, 0.1) is 5.92 Å². The van der Waals surface area contributed by atoms with Gasteiger partial charge in [0.15, 0.2) is 0 Å². The second kappa shape index (κ2) is 5.31. The van der Waals surface area contributed by atoms with Crippen molar-refractivity contribution >= 4 is 0 Å². The summed E-state index contributed by atoms with van der Waals surface area (Å²) in [7, 11) is 1.98. The summed E-state index contributed by atoms with van der Waals surface area (Å²) in [6.07, 6.45) is 3.20. The Hall–Kier alpha value is -0.830. The van der Waals surface area contributed by atoms with E-state index in [0.717, 1.165) is 24.2 Å². The van der Waals surface area contributed by atoms with Crippen LogP contribution < -0.4 is 5.73 Å². The predicted molar refractivity (Wildman–Crippen MR) is 63.6 cm³/mol. The van der Waals surface area contributed by atoms with Crippen molar-refractivity contribution in [3.8, 4) is 0 Å². The fraction of sp³-hybridized carbons (Fsp3) is 0.750. The molecule has 1 rings (SSSR count). The van der Waals surface area contributed by atoms with Gasteiger partial charge in [-0.3, -0.25) is 4.68 Å². The van der Waals surface area contributed by atoms with E-state index in [1.54, 1.807) is 0 Å². The minimum Gasteiger partial charge on any atom is -0.323 e. The van der Waals surface area contributed by atoms with Crippen LogP contribution in [0.4, 0.5) is 0 Å². The van der Waals surface area contributed by atoms with Crippen molar-refractivity contribution in [2.75, 3.05) is 0 Å². The Morgan fingerprint density at radius 2 is 2.13 bits per heavy atom. The van der Waals surface area contributed by atoms with E-state index in [4.69, 9.17) is 5.73 Å². The fourth-order valence-electron chi connectivity index (χ4n) is 1.78. The molecule has 2 unspecified atom stereocenters. The molecule has 0 spiro atoms. The van der Waals surface area contributed by atoms with Crippen LogP contribution in [0.25, 0.3) is 0 Å². The van der Waals surface area contributed by atoms with Crippen LogP contribution in [-0.4, -0.2) is 9.78 Å². The maximum Gasteiger partial charge on any atom is 0.0625 e. The quantitative estimate of drug-likeness (QED) is 0.809. The van der Waals surface area contributed by atoms with Crippen LogP contribution in [0.3, 0.4) is 0 Å². The zero-order valence-corrected chi connectivity index (χ0v) is 10.3. The molecule has 0 aromatic carbocycles. The molecule has 15 heavy (non-hydrogen) atoms. The normalized spacial score (nSPS) is 15.3. The van der Waals surface area contributed by atoms with Crippen molar-refractivity contribution in [3.63, 3.8) is 0 Å². The van der Waals surface area contributed by atoms with Crippen molar-refractivity contribution in [3.05, 3.63) is 17.5 Å². The molecule has 0 bridgehead atoms. The van der Waals surface area contributed by atoms with E-state index in [9.17, 15) is 0 Å². The van der Waals surface area contributed by atoms with E-state index in [2.05, 4.69) is 31.9 Å². The molecule has 1 aromatic rings. The van der Waals surface area contributed by atoms with E-state index < -0.39 is 0 Å². The molecule has 0 radical (unpaired) electrons. The third kappa shape index (κ3) is 3.06. The van der Waals surface area contributed by atoms with Gasteiger partial charge in [-0.2, -0.15) is 5.10 Å². The molecular formula is C12H23N3. The number of nitrogens with zero attached hydrogens (tertiary/aromatic N) is 2. The van der Waals surface area contributed by atoms with Gasteiger partial charge in [0.2, 0.25) is 0 Å². The third-order valence-corrected chi connectivity index (χ3v) is 3.06. The first-order valence-corrected chi connectivity index (χ1v) is 5.86. The van der Waals surface area contributed by atoms with Crippen LogP contribution in [0.2, 0.25) is 0 Å². The smallest absolute Gasteiger partial charge is 0.0625 e. The van der Waals surface area contributed by atoms with Gasteiger partial charge in [0.05, 0.1) is 11.4 Å². The van der Waals surface area contributed by atoms with Gasteiger partial charge in [0, 0.05) is 13.1 Å². The lowest BCUT2D eigenvalue weighted by molar-refractivity contribution is 0.445. The standard InChI is InChI=1S/C12H23N3/c1-5-9(3)7-11(13)12-8-10(6-2)14-15(12)4/h8-9,11H,5-7,13H2,1-4H3. The van der Waals surface area contributed by atoms with Crippen LogP contribution in [-0.2, 0) is 13.5 Å². The molecule has 0 saturated heterocycles. The van der Waals surface area contributed by atoms with E-state index in [1.165, 1.54) is 6.42 Å². The number of aryl methyl sites for hydroxylation is 2. The van der Waals surface area contributed by atoms with Crippen LogP contribution in [0.15, 0.2) is 6.07 Å². The third-order valence-electron chi connectivity index (χ3n) is 3.06. The summed E-state index contributed by atoms with van der Waals surface area (Å²) < 4.78 is 1.92. The van der Waals surface area contributed by atoms with Crippen molar-refractivity contribution in [2.45, 2.75) is 46.1 Å². The summed E-state index contributed by atoms with van der Waals surface area (Å²) in [5.74, 6) is 0.681. The Kier molecular flexibility index (Phi) is 4.33. The predicted octanol–water partition coefficient (Wildman–Crippen LogP) is 2.42. The number of rotatable bonds is 5. The molecule has 2 atom stereocenters. The van der Waals surface area contributed by atoms with E-state index in [1.807, 2.05) is 11.7 Å². The highest BCUT2D eigenvalue weighted by Crippen LogP contribution is 2.21. The number of nitrogens with two attached hydrogens (primary N) is 1. The molecule has 0 aliphatic heterocycles. The molecule has 1 heterocycles. The first kappa shape index (κ1) is 12.2. The first-order valence-electron chi connectivity index (χ1n) is 5.86. The number of hydrogen-bond donors (Lipinski definition) is 1. The lowest BCUT2D eigenvalue weighted by atomic mass is 9.98. The molecule has 2 N–H and O–H groups in total. The van der Waals surface area contributed by atoms with Crippen LogP contribution in [0.1, 0.15) is 51.0 Å². The molecule has 86 valence electrons. The largest absolute Gasteiger partial charge is 0.323 e. The molecule has 0 aliphatic carbocycles. The molecule has 0 amide bonds. The van der Waals surface area contributed by atoms with Crippen molar-refractivity contribution in [1.29, 1.82) is 0 Å². The molecule has 0 fully saturated rings. The highest BCUT2D eigenvalue weighted by atomic mass is 15.3. The zero-order valence-electron chi connectivity index (χ0n) is 10.3. The Morgan fingerprint density at radius 1 is 1.47 bits per heavy atom. The minimum absolute atomic E-state index is 0.123. The monoisotopic (exact) mass is 209 g/mol. The second-order valence-electron chi connectivity index (χ2n) is 4.39. The van der Waals surface area contributed by atoms with Crippen LogP contribution >= 0.6 is 0 Å². The highest BCUT2D eigenvalue weighted by Gasteiger charge is 2.14. The van der Waals surface area contributed by atoms with Gasteiger partial charge < -0.3 is 5.73 Å². The van der Waals surface area contributed by atoms with Gasteiger partial charge in [-0.15, -0.1) is 0 Å². The summed E-state index contributed by atoms with van der Waals surface area (Å²) >= 11 is 0. The fourth-order valence-corrected chi connectivity index (χ4v) is 1.78. The molecule has 1 aromatic heterocycles. The Morgan fingerprint density at radius 3 is 2.60 bits per heavy atom. The molecule has 3 heteroatoms. The summed E-state index contributed by atoms with van der Waals surface area (Å²) in [5, 5.41) is 4.42. The van der Waals surface area contributed by atoms with Crippen LogP contribution in [0.5, 0.6) is 0 Å². The average Bonchev–Trinajstić information content (AvgIpc) is 2.59. The maximum absolute atomic E-state index is 6.18. The average molecular weight is 209 g/mol. The van der Waals surface area contributed by atoms with E-state index in [0.29, 0.717) is 5.92 Å². The second-order valence-corrected chi connectivity index (χ2v) is 4.39. The topological polar surface area (TPSA) is 43.8 Å². The van der Waals surface area contributed by atoms with Gasteiger partial charge in [-0.1, -0.05) is 27.2 Å². The summed E-state index contributed by atoms with van der Waals surface area (Å²) in [6, 6.07) is 2.25. The van der Waals surface area contributed by atoms with Gasteiger partial charge in [-0.25, -0.2) is 0 Å². The maximum atomic E-state index is 6.18. The minimum atomic E-state index is 0.123. The molecule has 0 saturated carbocycles. The van der Waals surface area contributed by atoms with E-state index in [-0.39, 0.29) is 6.04 Å². The summed E-state index contributed by atoms with van der Waals surface area (Å²) in [4.78, 5) is 0. The van der Waals surface area contributed by atoms with Crippen molar-refractivity contribution in [2.24, 2.45) is 18.7 Å². The highest BCUT2D eigenvalue weighted by molar-refractivity contribution is 5.13. The van der Waals surface area contributed by atoms with Gasteiger partial charge >= 0.3 is 0 Å². The van der Waals surface area contributed by atoms with Crippen molar-refractivity contribution in [1.82, 2.24) is 9.78 Å². The lowest BCUT2D eigenvalue weighted by Gasteiger charge is -2.15. The molecule has 3 nitrogen and oxygen atoms in total. The van der Waals surface area contributed by atoms with Gasteiger partial charge in [-0.05, 0) is 24.8 Å². The van der Waals surface area contributed by atoms with Crippen molar-refractivity contribution < 1.29 is 0 Å². The number of hydrogen-bond acceptors (Lipinski definition) is 2. The summed E-state index contributed by atoms with van der Waals surface area (Å²) in [6.45, 7) is 6.57. The zero-order chi connectivity index (χ0) is 11.4. The molecular weight excluding hydrogens is 186 g/mol. The Bertz CT molecular complexity index is 304. The summed E-state index contributed by atoms with van der Waals surface area (Å²) in [5.41, 5.74) is 8.47. The SMILES string of the molecule is CCc1cc(C(N)CC(C)CC)n(C)n1.